The molecule has 0 saturated carbocycles. The summed E-state index contributed by atoms with van der Waals surface area (Å²) in [6.45, 7) is 7.28. The minimum atomic E-state index is -1.01. The van der Waals surface area contributed by atoms with E-state index in [1.54, 1.807) is 10.8 Å². The van der Waals surface area contributed by atoms with Gasteiger partial charge in [0.2, 0.25) is 5.91 Å². The number of hydrogen-bond acceptors (Lipinski definition) is 3. The Kier molecular flexibility index (Phi) is 5.69. The number of carboxylic acid groups (broad SMARTS) is 1. The second kappa shape index (κ2) is 7.06. The van der Waals surface area contributed by atoms with Crippen molar-refractivity contribution in [3.8, 4) is 0 Å². The first kappa shape index (κ1) is 16.9. The summed E-state index contributed by atoms with van der Waals surface area (Å²) >= 11 is 0. The molecule has 1 N–H and O–H groups in total. The van der Waals surface area contributed by atoms with Crippen LogP contribution in [0.2, 0.25) is 0 Å². The molecule has 1 aromatic rings. The summed E-state index contributed by atoms with van der Waals surface area (Å²) < 4.78 is 1.75. The third-order valence-electron chi connectivity index (χ3n) is 3.67. The van der Waals surface area contributed by atoms with Crippen molar-refractivity contribution < 1.29 is 14.7 Å². The van der Waals surface area contributed by atoms with Crippen LogP contribution in [0.15, 0.2) is 6.08 Å². The maximum Gasteiger partial charge on any atom is 0.323 e. The first-order valence-electron chi connectivity index (χ1n) is 6.98. The van der Waals surface area contributed by atoms with Gasteiger partial charge in [-0.2, -0.15) is 5.10 Å². The first-order valence-corrected chi connectivity index (χ1v) is 6.98. The molecule has 0 aliphatic heterocycles. The van der Waals surface area contributed by atoms with Gasteiger partial charge in [-0.3, -0.25) is 14.3 Å². The van der Waals surface area contributed by atoms with Gasteiger partial charge in [0.15, 0.2) is 0 Å². The van der Waals surface area contributed by atoms with Crippen LogP contribution in [0, 0.1) is 13.8 Å². The maximum atomic E-state index is 12.2. The van der Waals surface area contributed by atoms with Crippen LogP contribution in [0.4, 0.5) is 0 Å². The Morgan fingerprint density at radius 3 is 2.48 bits per heavy atom. The average molecular weight is 293 g/mol. The minimum Gasteiger partial charge on any atom is -0.480 e. The zero-order chi connectivity index (χ0) is 16.2. The number of rotatable bonds is 6. The molecule has 116 valence electrons. The molecular weight excluding hydrogens is 270 g/mol. The van der Waals surface area contributed by atoms with Gasteiger partial charge in [0, 0.05) is 30.4 Å². The molecule has 0 aliphatic rings. The van der Waals surface area contributed by atoms with E-state index in [4.69, 9.17) is 5.11 Å². The van der Waals surface area contributed by atoms with Crippen molar-refractivity contribution in [1.29, 1.82) is 0 Å². The van der Waals surface area contributed by atoms with Crippen molar-refractivity contribution in [2.75, 3.05) is 6.54 Å². The molecule has 1 rings (SSSR count). The summed E-state index contributed by atoms with van der Waals surface area (Å²) in [7, 11) is 1.84. The van der Waals surface area contributed by atoms with Crippen LogP contribution >= 0.6 is 0 Å². The van der Waals surface area contributed by atoms with Crippen LogP contribution in [-0.4, -0.2) is 44.3 Å². The quantitative estimate of drug-likeness (QED) is 0.811. The molecule has 0 fully saturated rings. The number of amides is 1. The lowest BCUT2D eigenvalue weighted by molar-refractivity contribution is -0.144. The predicted molar refractivity (Wildman–Crippen MR) is 80.8 cm³/mol. The van der Waals surface area contributed by atoms with Crippen LogP contribution in [0.25, 0.3) is 6.08 Å². The summed E-state index contributed by atoms with van der Waals surface area (Å²) in [5, 5.41) is 13.2. The average Bonchev–Trinajstić information content (AvgIpc) is 2.66. The van der Waals surface area contributed by atoms with Gasteiger partial charge in [0.1, 0.15) is 6.54 Å². The van der Waals surface area contributed by atoms with Crippen LogP contribution < -0.4 is 0 Å². The summed E-state index contributed by atoms with van der Waals surface area (Å²) in [5.41, 5.74) is 2.70. The van der Waals surface area contributed by atoms with Gasteiger partial charge in [-0.05, 0) is 33.3 Å². The zero-order valence-electron chi connectivity index (χ0n) is 13.3. The molecule has 1 amide bonds. The normalized spacial score (nSPS) is 12.6. The predicted octanol–water partition coefficient (Wildman–Crippen LogP) is 1.76. The van der Waals surface area contributed by atoms with E-state index in [0.29, 0.717) is 6.42 Å². The molecule has 0 spiro atoms. The lowest BCUT2D eigenvalue weighted by atomic mass is 10.1. The molecule has 0 aliphatic carbocycles. The number of carbonyl (C=O) groups excluding carboxylic acids is 1. The lowest BCUT2D eigenvalue weighted by Crippen LogP contribution is -2.40. The highest BCUT2D eigenvalue weighted by Gasteiger charge is 2.19. The fraction of sp³-hybridized carbons (Fsp3) is 0.533. The lowest BCUT2D eigenvalue weighted by Gasteiger charge is -2.25. The molecule has 0 aromatic carbocycles. The van der Waals surface area contributed by atoms with Crippen LogP contribution in [-0.2, 0) is 16.6 Å². The Morgan fingerprint density at radius 1 is 1.43 bits per heavy atom. The number of aryl methyl sites for hydroxylation is 2. The van der Waals surface area contributed by atoms with Crippen molar-refractivity contribution in [2.45, 2.75) is 40.2 Å². The SMILES string of the molecule is CCC(C)N(CC(=O)O)C(=O)/C=C/c1c(C)nn(C)c1C. The number of nitrogens with zero attached hydrogens (tertiary/aromatic N) is 3. The van der Waals surface area contributed by atoms with Crippen molar-refractivity contribution in [1.82, 2.24) is 14.7 Å². The van der Waals surface area contributed by atoms with Crippen LogP contribution in [0.5, 0.6) is 0 Å². The molecule has 6 nitrogen and oxygen atoms in total. The Hall–Kier alpha value is -2.11. The van der Waals surface area contributed by atoms with Crippen molar-refractivity contribution in [2.24, 2.45) is 7.05 Å². The summed E-state index contributed by atoms with van der Waals surface area (Å²) in [5.74, 6) is -1.31. The van der Waals surface area contributed by atoms with Gasteiger partial charge in [-0.15, -0.1) is 0 Å². The molecular formula is C15H23N3O3. The number of aromatic nitrogens is 2. The van der Waals surface area contributed by atoms with Gasteiger partial charge in [-0.1, -0.05) is 6.92 Å². The molecule has 0 radical (unpaired) electrons. The second-order valence-corrected chi connectivity index (χ2v) is 5.16. The van der Waals surface area contributed by atoms with E-state index < -0.39 is 5.97 Å². The highest BCUT2D eigenvalue weighted by Crippen LogP contribution is 2.14. The van der Waals surface area contributed by atoms with Gasteiger partial charge < -0.3 is 10.0 Å². The molecule has 1 heterocycles. The molecule has 1 aromatic heterocycles. The monoisotopic (exact) mass is 293 g/mol. The van der Waals surface area contributed by atoms with Gasteiger partial charge in [-0.25, -0.2) is 0 Å². The molecule has 21 heavy (non-hydrogen) atoms. The largest absolute Gasteiger partial charge is 0.480 e. The maximum absolute atomic E-state index is 12.2. The fourth-order valence-electron chi connectivity index (χ4n) is 2.10. The highest BCUT2D eigenvalue weighted by molar-refractivity contribution is 5.94. The van der Waals surface area contributed by atoms with Gasteiger partial charge in [0.25, 0.3) is 0 Å². The fourth-order valence-corrected chi connectivity index (χ4v) is 2.10. The van der Waals surface area contributed by atoms with E-state index in [1.165, 1.54) is 11.0 Å². The minimum absolute atomic E-state index is 0.116. The molecule has 1 atom stereocenters. The van der Waals surface area contributed by atoms with E-state index >= 15 is 0 Å². The van der Waals surface area contributed by atoms with E-state index in [-0.39, 0.29) is 18.5 Å². The molecule has 0 saturated heterocycles. The Morgan fingerprint density at radius 2 is 2.05 bits per heavy atom. The number of hydrogen-bond donors (Lipinski definition) is 1. The Bertz CT molecular complexity index is 561. The van der Waals surface area contributed by atoms with Crippen LogP contribution in [0.1, 0.15) is 37.2 Å². The Balaban J connectivity index is 2.95. The van der Waals surface area contributed by atoms with Crippen molar-refractivity contribution in [3.63, 3.8) is 0 Å². The smallest absolute Gasteiger partial charge is 0.323 e. The van der Waals surface area contributed by atoms with E-state index in [1.807, 2.05) is 34.7 Å². The third kappa shape index (κ3) is 4.18. The molecule has 1 unspecified atom stereocenters. The van der Waals surface area contributed by atoms with E-state index in [9.17, 15) is 9.59 Å². The number of carboxylic acids is 1. The topological polar surface area (TPSA) is 75.4 Å². The third-order valence-corrected chi connectivity index (χ3v) is 3.67. The summed E-state index contributed by atoms with van der Waals surface area (Å²) in [6.07, 6.45) is 3.83. The zero-order valence-corrected chi connectivity index (χ0v) is 13.3. The van der Waals surface area contributed by atoms with Crippen molar-refractivity contribution >= 4 is 18.0 Å². The molecule has 6 heteroatoms. The number of carbonyl (C=O) groups is 2. The summed E-state index contributed by atoms with van der Waals surface area (Å²) in [6, 6.07) is -0.116. The Labute approximate surface area is 125 Å². The standard InChI is InChI=1S/C15H23N3O3/c1-6-10(2)18(9-15(20)21)14(19)8-7-13-11(3)16-17(5)12(13)4/h7-8,10H,6,9H2,1-5H3,(H,20,21)/b8-7+. The molecule has 0 bridgehead atoms. The van der Waals surface area contributed by atoms with Gasteiger partial charge in [0.05, 0.1) is 5.69 Å². The van der Waals surface area contributed by atoms with E-state index in [2.05, 4.69) is 5.10 Å². The van der Waals surface area contributed by atoms with Crippen molar-refractivity contribution in [3.05, 3.63) is 23.0 Å². The number of aliphatic carboxylic acids is 1. The van der Waals surface area contributed by atoms with Gasteiger partial charge >= 0.3 is 5.97 Å². The first-order chi connectivity index (χ1) is 9.77. The second-order valence-electron chi connectivity index (χ2n) is 5.16. The van der Waals surface area contributed by atoms with Crippen LogP contribution in [0.3, 0.4) is 0 Å². The summed E-state index contributed by atoms with van der Waals surface area (Å²) in [4.78, 5) is 24.5. The highest BCUT2D eigenvalue weighted by atomic mass is 16.4. The van der Waals surface area contributed by atoms with E-state index in [0.717, 1.165) is 17.0 Å².